The Kier molecular flexibility index (Phi) is 7.07. The summed E-state index contributed by atoms with van der Waals surface area (Å²) in [5, 5.41) is 0. The predicted octanol–water partition coefficient (Wildman–Crippen LogP) is 4.46. The van der Waals surface area contributed by atoms with Crippen molar-refractivity contribution >= 4 is 11.8 Å². The number of benzene rings is 2. The zero-order chi connectivity index (χ0) is 24.1. The molecule has 1 aliphatic carbocycles. The molecule has 0 saturated heterocycles. The van der Waals surface area contributed by atoms with Gasteiger partial charge in [-0.3, -0.25) is 0 Å². The SMILES string of the molecule is CCOc1cc(Cc2cnc(N)nc2N)cc(OCC2(C)CC2)c1-c1ccc(OCOC)cc1. The Bertz CT molecular complexity index is 1130. The summed E-state index contributed by atoms with van der Waals surface area (Å²) < 4.78 is 23.0. The average molecular weight is 465 g/mol. The number of nitrogens with two attached hydrogens (primary N) is 2. The van der Waals surface area contributed by atoms with Crippen LogP contribution in [0.2, 0.25) is 0 Å². The summed E-state index contributed by atoms with van der Waals surface area (Å²) in [6.45, 7) is 5.58. The maximum Gasteiger partial charge on any atom is 0.221 e. The van der Waals surface area contributed by atoms with Crippen LogP contribution in [0.3, 0.4) is 0 Å². The lowest BCUT2D eigenvalue weighted by atomic mass is 9.98. The molecule has 1 aliphatic rings. The molecule has 180 valence electrons. The van der Waals surface area contributed by atoms with Gasteiger partial charge in [-0.1, -0.05) is 19.1 Å². The van der Waals surface area contributed by atoms with E-state index in [2.05, 4.69) is 23.0 Å². The number of nitrogens with zero attached hydrogens (tertiary/aromatic N) is 2. The molecule has 1 fully saturated rings. The van der Waals surface area contributed by atoms with Crippen molar-refractivity contribution in [1.82, 2.24) is 9.97 Å². The Labute approximate surface area is 200 Å². The molecule has 0 aliphatic heterocycles. The summed E-state index contributed by atoms with van der Waals surface area (Å²) in [6, 6.07) is 11.9. The van der Waals surface area contributed by atoms with Crippen molar-refractivity contribution in [2.45, 2.75) is 33.1 Å². The third kappa shape index (κ3) is 5.69. The summed E-state index contributed by atoms with van der Waals surface area (Å²) >= 11 is 0. The zero-order valence-electron chi connectivity index (χ0n) is 20.0. The quantitative estimate of drug-likeness (QED) is 0.400. The number of anilines is 2. The van der Waals surface area contributed by atoms with Crippen molar-refractivity contribution in [2.24, 2.45) is 5.41 Å². The molecular formula is C26H32N4O4. The summed E-state index contributed by atoms with van der Waals surface area (Å²) in [6.07, 6.45) is 4.54. The molecule has 0 bridgehead atoms. The monoisotopic (exact) mass is 464 g/mol. The number of ether oxygens (including phenoxy) is 4. The molecule has 0 amide bonds. The normalized spacial score (nSPS) is 14.0. The van der Waals surface area contributed by atoms with Crippen LogP contribution in [0.25, 0.3) is 11.1 Å². The lowest BCUT2D eigenvalue weighted by molar-refractivity contribution is 0.0511. The molecular weight excluding hydrogens is 432 g/mol. The molecule has 4 rings (SSSR count). The molecule has 0 spiro atoms. The van der Waals surface area contributed by atoms with Gasteiger partial charge in [-0.05, 0) is 55.2 Å². The fourth-order valence-corrected chi connectivity index (χ4v) is 3.66. The topological polar surface area (TPSA) is 115 Å². The number of hydrogen-bond donors (Lipinski definition) is 2. The minimum Gasteiger partial charge on any atom is -0.493 e. The minimum atomic E-state index is 0.159. The Morgan fingerprint density at radius 2 is 1.71 bits per heavy atom. The number of rotatable bonds is 11. The van der Waals surface area contributed by atoms with Gasteiger partial charge in [0.25, 0.3) is 0 Å². The molecule has 1 saturated carbocycles. The van der Waals surface area contributed by atoms with E-state index in [1.807, 2.05) is 37.3 Å². The molecule has 0 unspecified atom stereocenters. The molecule has 34 heavy (non-hydrogen) atoms. The summed E-state index contributed by atoms with van der Waals surface area (Å²) in [5.74, 6) is 2.78. The fourth-order valence-electron chi connectivity index (χ4n) is 3.66. The van der Waals surface area contributed by atoms with E-state index < -0.39 is 0 Å². The Hall–Kier alpha value is -3.52. The number of hydrogen-bond acceptors (Lipinski definition) is 8. The summed E-state index contributed by atoms with van der Waals surface area (Å²) in [5.41, 5.74) is 15.6. The molecule has 2 aromatic carbocycles. The van der Waals surface area contributed by atoms with E-state index in [4.69, 9.17) is 30.4 Å². The second-order valence-corrected chi connectivity index (χ2v) is 8.89. The predicted molar refractivity (Wildman–Crippen MR) is 132 cm³/mol. The third-order valence-corrected chi connectivity index (χ3v) is 5.90. The largest absolute Gasteiger partial charge is 0.493 e. The van der Waals surface area contributed by atoms with Gasteiger partial charge in [0, 0.05) is 30.7 Å². The molecule has 1 aromatic heterocycles. The van der Waals surface area contributed by atoms with Crippen LogP contribution in [0, 0.1) is 5.41 Å². The Balaban J connectivity index is 1.72. The van der Waals surface area contributed by atoms with Crippen molar-refractivity contribution in [2.75, 3.05) is 38.6 Å². The highest BCUT2D eigenvalue weighted by atomic mass is 16.7. The fraction of sp³-hybridized carbons (Fsp3) is 0.385. The van der Waals surface area contributed by atoms with Crippen molar-refractivity contribution < 1.29 is 18.9 Å². The van der Waals surface area contributed by atoms with E-state index >= 15 is 0 Å². The van der Waals surface area contributed by atoms with E-state index in [0.717, 1.165) is 39.5 Å². The highest BCUT2D eigenvalue weighted by Gasteiger charge is 2.38. The second-order valence-electron chi connectivity index (χ2n) is 8.89. The van der Waals surface area contributed by atoms with Crippen LogP contribution < -0.4 is 25.7 Å². The van der Waals surface area contributed by atoms with Crippen molar-refractivity contribution in [3.8, 4) is 28.4 Å². The highest BCUT2D eigenvalue weighted by molar-refractivity contribution is 5.78. The van der Waals surface area contributed by atoms with Gasteiger partial charge >= 0.3 is 0 Å². The molecule has 1 heterocycles. The highest BCUT2D eigenvalue weighted by Crippen LogP contribution is 2.47. The lowest BCUT2D eigenvalue weighted by Gasteiger charge is -2.20. The van der Waals surface area contributed by atoms with Crippen LogP contribution in [-0.2, 0) is 11.2 Å². The van der Waals surface area contributed by atoms with Crippen LogP contribution in [-0.4, -0.2) is 37.1 Å². The molecule has 4 N–H and O–H groups in total. The van der Waals surface area contributed by atoms with Gasteiger partial charge in [0.15, 0.2) is 6.79 Å². The molecule has 3 aromatic rings. The smallest absolute Gasteiger partial charge is 0.221 e. The standard InChI is InChI=1S/C26H32N4O4/c1-4-32-21-12-17(11-19-14-29-25(28)30-24(19)27)13-22(33-15-26(2)9-10-26)23(21)18-5-7-20(8-6-18)34-16-31-3/h5-8,12-14H,4,9-11,15-16H2,1-3H3,(H4,27,28,29,30). The van der Waals surface area contributed by atoms with Crippen LogP contribution >= 0.6 is 0 Å². The first-order valence-corrected chi connectivity index (χ1v) is 11.4. The molecule has 0 atom stereocenters. The van der Waals surface area contributed by atoms with Crippen LogP contribution in [0.1, 0.15) is 37.8 Å². The minimum absolute atomic E-state index is 0.159. The average Bonchev–Trinajstić information content (AvgIpc) is 3.56. The van der Waals surface area contributed by atoms with E-state index in [0.29, 0.717) is 25.5 Å². The number of methoxy groups -OCH3 is 1. The lowest BCUT2D eigenvalue weighted by Crippen LogP contribution is -2.10. The van der Waals surface area contributed by atoms with Crippen molar-refractivity contribution in [3.05, 3.63) is 53.7 Å². The number of aromatic nitrogens is 2. The van der Waals surface area contributed by atoms with E-state index in [-0.39, 0.29) is 18.2 Å². The zero-order valence-corrected chi connectivity index (χ0v) is 20.0. The summed E-state index contributed by atoms with van der Waals surface area (Å²) in [7, 11) is 1.60. The Morgan fingerprint density at radius 3 is 2.32 bits per heavy atom. The van der Waals surface area contributed by atoms with Gasteiger partial charge in [0.05, 0.1) is 18.8 Å². The van der Waals surface area contributed by atoms with Gasteiger partial charge in [0.1, 0.15) is 23.1 Å². The molecule has 0 radical (unpaired) electrons. The van der Waals surface area contributed by atoms with Gasteiger partial charge in [-0.25, -0.2) is 4.98 Å². The molecule has 8 heteroatoms. The third-order valence-electron chi connectivity index (χ3n) is 5.90. The maximum atomic E-state index is 6.41. The first-order valence-electron chi connectivity index (χ1n) is 11.4. The van der Waals surface area contributed by atoms with E-state index in [9.17, 15) is 0 Å². The van der Waals surface area contributed by atoms with Crippen LogP contribution in [0.15, 0.2) is 42.6 Å². The van der Waals surface area contributed by atoms with Crippen molar-refractivity contribution in [3.63, 3.8) is 0 Å². The first-order chi connectivity index (χ1) is 16.4. The van der Waals surface area contributed by atoms with Gasteiger partial charge in [0.2, 0.25) is 5.95 Å². The summed E-state index contributed by atoms with van der Waals surface area (Å²) in [4.78, 5) is 8.18. The van der Waals surface area contributed by atoms with E-state index in [1.54, 1.807) is 13.3 Å². The van der Waals surface area contributed by atoms with E-state index in [1.165, 1.54) is 12.8 Å². The van der Waals surface area contributed by atoms with Crippen LogP contribution in [0.4, 0.5) is 11.8 Å². The van der Waals surface area contributed by atoms with Gasteiger partial charge < -0.3 is 30.4 Å². The second kappa shape index (κ2) is 10.2. The van der Waals surface area contributed by atoms with Crippen LogP contribution in [0.5, 0.6) is 17.2 Å². The molecule has 8 nitrogen and oxygen atoms in total. The van der Waals surface area contributed by atoms with Gasteiger partial charge in [-0.2, -0.15) is 4.98 Å². The first kappa shape index (κ1) is 23.6. The van der Waals surface area contributed by atoms with Gasteiger partial charge in [-0.15, -0.1) is 0 Å². The maximum absolute atomic E-state index is 6.41. The Morgan fingerprint density at radius 1 is 1.00 bits per heavy atom. The van der Waals surface area contributed by atoms with Crippen molar-refractivity contribution in [1.29, 1.82) is 0 Å². The number of nitrogen functional groups attached to an aromatic ring is 2.